The number of aromatic nitrogens is 1. The summed E-state index contributed by atoms with van der Waals surface area (Å²) in [6.07, 6.45) is 4.06. The summed E-state index contributed by atoms with van der Waals surface area (Å²) >= 11 is 0. The molecule has 0 unspecified atom stereocenters. The highest BCUT2D eigenvalue weighted by Crippen LogP contribution is 2.45. The minimum absolute atomic E-state index is 0.132. The molecule has 6 nitrogen and oxygen atoms in total. The molecule has 0 radical (unpaired) electrons. The van der Waals surface area contributed by atoms with Crippen LogP contribution in [-0.2, 0) is 9.59 Å². The maximum atomic E-state index is 13.3. The molecule has 0 spiro atoms. The Kier molecular flexibility index (Phi) is 5.72. The van der Waals surface area contributed by atoms with Gasteiger partial charge in [0.1, 0.15) is 5.82 Å². The molecule has 2 aliphatic rings. The Morgan fingerprint density at radius 1 is 1.30 bits per heavy atom. The molecule has 2 atom stereocenters. The van der Waals surface area contributed by atoms with E-state index in [1.165, 1.54) is 0 Å². The molecule has 0 aromatic carbocycles. The smallest absolute Gasteiger partial charge is 0.230 e. The van der Waals surface area contributed by atoms with Crippen LogP contribution in [0.4, 0.5) is 5.82 Å². The van der Waals surface area contributed by atoms with Crippen molar-refractivity contribution in [3.05, 3.63) is 24.4 Å². The number of hydrogen-bond donors (Lipinski definition) is 0. The maximum Gasteiger partial charge on any atom is 0.230 e. The predicted molar refractivity (Wildman–Crippen MR) is 106 cm³/mol. The van der Waals surface area contributed by atoms with Gasteiger partial charge in [0.05, 0.1) is 5.41 Å². The van der Waals surface area contributed by atoms with Crippen LogP contribution in [0.15, 0.2) is 24.4 Å². The minimum Gasteiger partial charge on any atom is -0.355 e. The molecule has 0 saturated carbocycles. The van der Waals surface area contributed by atoms with Gasteiger partial charge in [0.15, 0.2) is 0 Å². The van der Waals surface area contributed by atoms with E-state index in [4.69, 9.17) is 0 Å². The first-order valence-electron chi connectivity index (χ1n) is 9.99. The number of pyridine rings is 1. The maximum absolute atomic E-state index is 13.3. The number of fused-ring (bicyclic) bond motifs is 1. The van der Waals surface area contributed by atoms with Crippen LogP contribution in [0.5, 0.6) is 0 Å². The molecule has 2 amide bonds. The number of anilines is 1. The van der Waals surface area contributed by atoms with Gasteiger partial charge in [0.25, 0.3) is 0 Å². The molecule has 2 saturated heterocycles. The van der Waals surface area contributed by atoms with Gasteiger partial charge in [0.2, 0.25) is 11.8 Å². The first kappa shape index (κ1) is 19.6. The van der Waals surface area contributed by atoms with Crippen molar-refractivity contribution in [3.8, 4) is 0 Å². The van der Waals surface area contributed by atoms with Crippen molar-refractivity contribution in [2.24, 2.45) is 17.3 Å². The lowest BCUT2D eigenvalue weighted by Gasteiger charge is -2.34. The summed E-state index contributed by atoms with van der Waals surface area (Å²) in [4.78, 5) is 36.4. The molecule has 3 heterocycles. The average Bonchev–Trinajstić information content (AvgIpc) is 2.90. The van der Waals surface area contributed by atoms with E-state index in [9.17, 15) is 9.59 Å². The van der Waals surface area contributed by atoms with E-state index in [0.717, 1.165) is 31.7 Å². The lowest BCUT2D eigenvalue weighted by Crippen LogP contribution is -2.47. The number of nitrogens with zero attached hydrogens (tertiary/aromatic N) is 4. The van der Waals surface area contributed by atoms with Gasteiger partial charge >= 0.3 is 0 Å². The Bertz CT molecular complexity index is 676. The Hall–Kier alpha value is -2.11. The van der Waals surface area contributed by atoms with Gasteiger partial charge in [-0.15, -0.1) is 0 Å². The molecular weight excluding hydrogens is 340 g/mol. The van der Waals surface area contributed by atoms with E-state index < -0.39 is 5.41 Å². The fourth-order valence-corrected chi connectivity index (χ4v) is 4.65. The Labute approximate surface area is 162 Å². The SMILES string of the molecule is CC(C)CC(=O)N1CCC[C@]2(C(=O)N(C)C)CN(c3ccccn3)C[C@@H]2C1. The summed E-state index contributed by atoms with van der Waals surface area (Å²) in [6, 6.07) is 5.89. The van der Waals surface area contributed by atoms with Gasteiger partial charge in [-0.1, -0.05) is 19.9 Å². The largest absolute Gasteiger partial charge is 0.355 e. The monoisotopic (exact) mass is 372 g/mol. The predicted octanol–water partition coefficient (Wildman–Crippen LogP) is 2.26. The quantitative estimate of drug-likeness (QED) is 0.814. The number of likely N-dealkylation sites (tertiary alicyclic amines) is 1. The third-order valence-electron chi connectivity index (χ3n) is 5.93. The van der Waals surface area contributed by atoms with Gasteiger partial charge in [-0.05, 0) is 30.9 Å². The fourth-order valence-electron chi connectivity index (χ4n) is 4.65. The lowest BCUT2D eigenvalue weighted by molar-refractivity contribution is -0.142. The Balaban J connectivity index is 1.88. The number of carbonyl (C=O) groups is 2. The van der Waals surface area contributed by atoms with Gasteiger partial charge in [-0.2, -0.15) is 0 Å². The van der Waals surface area contributed by atoms with Crippen LogP contribution in [0.1, 0.15) is 33.1 Å². The minimum atomic E-state index is -0.437. The van der Waals surface area contributed by atoms with Crippen molar-refractivity contribution in [1.29, 1.82) is 0 Å². The van der Waals surface area contributed by atoms with Crippen LogP contribution < -0.4 is 4.90 Å². The van der Waals surface area contributed by atoms with Crippen molar-refractivity contribution in [3.63, 3.8) is 0 Å². The van der Waals surface area contributed by atoms with Gasteiger partial charge in [0, 0.05) is 58.8 Å². The molecule has 3 rings (SSSR count). The normalized spacial score (nSPS) is 25.3. The van der Waals surface area contributed by atoms with Crippen LogP contribution >= 0.6 is 0 Å². The van der Waals surface area contributed by atoms with E-state index in [2.05, 4.69) is 23.7 Å². The van der Waals surface area contributed by atoms with Gasteiger partial charge < -0.3 is 14.7 Å². The fraction of sp³-hybridized carbons (Fsp3) is 0.667. The summed E-state index contributed by atoms with van der Waals surface area (Å²) < 4.78 is 0. The summed E-state index contributed by atoms with van der Waals surface area (Å²) in [7, 11) is 3.67. The number of carbonyl (C=O) groups excluding carboxylic acids is 2. The topological polar surface area (TPSA) is 56.8 Å². The molecule has 2 aliphatic heterocycles. The van der Waals surface area contributed by atoms with E-state index in [1.807, 2.05) is 37.2 Å². The standard InChI is InChI=1S/C21H32N4O2/c1-16(2)12-19(26)24-11-7-9-21(20(27)23(3)4)15-25(14-17(21)13-24)18-8-5-6-10-22-18/h5-6,8,10,16-17H,7,9,11-15H2,1-4H3/t17-,21-/m0/s1. The molecule has 1 aromatic rings. The van der Waals surface area contributed by atoms with Gasteiger partial charge in [-0.25, -0.2) is 4.98 Å². The van der Waals surface area contributed by atoms with Crippen LogP contribution in [0, 0.1) is 17.3 Å². The molecule has 148 valence electrons. The summed E-state index contributed by atoms with van der Waals surface area (Å²) in [5.41, 5.74) is -0.437. The molecule has 6 heteroatoms. The molecule has 1 aromatic heterocycles. The highest BCUT2D eigenvalue weighted by molar-refractivity contribution is 5.85. The first-order valence-corrected chi connectivity index (χ1v) is 9.99. The highest BCUT2D eigenvalue weighted by Gasteiger charge is 2.54. The highest BCUT2D eigenvalue weighted by atomic mass is 16.2. The second-order valence-electron chi connectivity index (χ2n) is 8.66. The zero-order chi connectivity index (χ0) is 19.6. The molecular formula is C21H32N4O2. The number of amides is 2. The van der Waals surface area contributed by atoms with Crippen molar-refractivity contribution >= 4 is 17.6 Å². The van der Waals surface area contributed by atoms with Crippen molar-refractivity contribution < 1.29 is 9.59 Å². The zero-order valence-corrected chi connectivity index (χ0v) is 17.0. The summed E-state index contributed by atoms with van der Waals surface area (Å²) in [6.45, 7) is 7.02. The van der Waals surface area contributed by atoms with Crippen molar-refractivity contribution in [2.75, 3.05) is 45.2 Å². The number of hydrogen-bond acceptors (Lipinski definition) is 4. The van der Waals surface area contributed by atoms with E-state index in [-0.39, 0.29) is 17.7 Å². The molecule has 0 aliphatic carbocycles. The summed E-state index contributed by atoms with van der Waals surface area (Å²) in [5, 5.41) is 0. The van der Waals surface area contributed by atoms with Crippen molar-refractivity contribution in [2.45, 2.75) is 33.1 Å². The molecule has 27 heavy (non-hydrogen) atoms. The van der Waals surface area contributed by atoms with Crippen molar-refractivity contribution in [1.82, 2.24) is 14.8 Å². The lowest BCUT2D eigenvalue weighted by atomic mass is 9.74. The van der Waals surface area contributed by atoms with Crippen LogP contribution in [0.25, 0.3) is 0 Å². The van der Waals surface area contributed by atoms with Crippen LogP contribution in [0.3, 0.4) is 0 Å². The third-order valence-corrected chi connectivity index (χ3v) is 5.93. The van der Waals surface area contributed by atoms with Crippen LogP contribution in [-0.4, -0.2) is 66.9 Å². The zero-order valence-electron chi connectivity index (χ0n) is 17.0. The summed E-state index contributed by atoms with van der Waals surface area (Å²) in [5.74, 6) is 1.80. The molecule has 0 N–H and O–H groups in total. The molecule has 0 bridgehead atoms. The van der Waals surface area contributed by atoms with Crippen LogP contribution in [0.2, 0.25) is 0 Å². The second-order valence-corrected chi connectivity index (χ2v) is 8.66. The average molecular weight is 373 g/mol. The second kappa shape index (κ2) is 7.87. The first-order chi connectivity index (χ1) is 12.8. The van der Waals surface area contributed by atoms with E-state index in [0.29, 0.717) is 25.4 Å². The molecule has 2 fully saturated rings. The van der Waals surface area contributed by atoms with E-state index >= 15 is 0 Å². The Morgan fingerprint density at radius 2 is 2.07 bits per heavy atom. The Morgan fingerprint density at radius 3 is 2.70 bits per heavy atom. The van der Waals surface area contributed by atoms with Gasteiger partial charge in [-0.3, -0.25) is 9.59 Å². The number of rotatable bonds is 4. The van der Waals surface area contributed by atoms with E-state index in [1.54, 1.807) is 11.1 Å². The third kappa shape index (κ3) is 3.94.